The van der Waals surface area contributed by atoms with E-state index in [0.717, 1.165) is 19.6 Å². The van der Waals surface area contributed by atoms with Gasteiger partial charge in [0.05, 0.1) is 12.3 Å². The van der Waals surface area contributed by atoms with Crippen LogP contribution < -0.4 is 5.32 Å². The van der Waals surface area contributed by atoms with Gasteiger partial charge in [-0.2, -0.15) is 5.10 Å². The third-order valence-corrected chi connectivity index (χ3v) is 4.07. The second-order valence-corrected chi connectivity index (χ2v) is 5.60. The fraction of sp³-hybridized carbons (Fsp3) is 0.786. The van der Waals surface area contributed by atoms with Gasteiger partial charge < -0.3 is 15.3 Å². The van der Waals surface area contributed by atoms with Gasteiger partial charge in [-0.3, -0.25) is 4.68 Å². The molecule has 2 unspecified atom stereocenters. The van der Waals surface area contributed by atoms with Gasteiger partial charge in [-0.05, 0) is 39.8 Å². The van der Waals surface area contributed by atoms with Crippen LogP contribution in [0.15, 0.2) is 6.20 Å². The summed E-state index contributed by atoms with van der Waals surface area (Å²) in [5.74, 6) is 0. The fourth-order valence-electron chi connectivity index (χ4n) is 2.69. The number of rotatable bonds is 6. The molecule has 2 heterocycles. The standard InChI is InChI=1S/C14H26N4O/c1-11(14-9-16-17(3)12(14)2)15-8-13(19)10-18-6-4-5-7-18/h9,11,13,15,19H,4-8,10H2,1-3H3. The average Bonchev–Trinajstić information content (AvgIpc) is 2.99. The molecule has 1 aromatic rings. The molecule has 5 nitrogen and oxygen atoms in total. The SMILES string of the molecule is Cc1c(C(C)NCC(O)CN2CCCC2)cnn1C. The number of hydrogen-bond donors (Lipinski definition) is 2. The minimum absolute atomic E-state index is 0.224. The molecule has 108 valence electrons. The Kier molecular flexibility index (Phi) is 4.96. The highest BCUT2D eigenvalue weighted by atomic mass is 16.3. The van der Waals surface area contributed by atoms with Crippen LogP contribution in [0.25, 0.3) is 0 Å². The van der Waals surface area contributed by atoms with Crippen molar-refractivity contribution < 1.29 is 5.11 Å². The van der Waals surface area contributed by atoms with Crippen molar-refractivity contribution in [2.24, 2.45) is 7.05 Å². The summed E-state index contributed by atoms with van der Waals surface area (Å²) in [6.45, 7) is 7.87. The lowest BCUT2D eigenvalue weighted by Crippen LogP contribution is -2.37. The van der Waals surface area contributed by atoms with Gasteiger partial charge in [-0.15, -0.1) is 0 Å². The Morgan fingerprint density at radius 1 is 1.42 bits per heavy atom. The highest BCUT2D eigenvalue weighted by molar-refractivity contribution is 5.19. The zero-order valence-electron chi connectivity index (χ0n) is 12.3. The molecule has 0 radical (unpaired) electrons. The average molecular weight is 266 g/mol. The van der Waals surface area contributed by atoms with E-state index < -0.39 is 0 Å². The van der Waals surface area contributed by atoms with Gasteiger partial charge in [0.25, 0.3) is 0 Å². The van der Waals surface area contributed by atoms with Crippen molar-refractivity contribution in [3.8, 4) is 0 Å². The molecule has 1 fully saturated rings. The smallest absolute Gasteiger partial charge is 0.0791 e. The third kappa shape index (κ3) is 3.78. The van der Waals surface area contributed by atoms with Crippen molar-refractivity contribution in [1.29, 1.82) is 0 Å². The van der Waals surface area contributed by atoms with Gasteiger partial charge in [-0.25, -0.2) is 0 Å². The lowest BCUT2D eigenvalue weighted by molar-refractivity contribution is 0.121. The third-order valence-electron chi connectivity index (χ3n) is 4.07. The molecule has 0 amide bonds. The molecular weight excluding hydrogens is 240 g/mol. The predicted molar refractivity (Wildman–Crippen MR) is 76.0 cm³/mol. The first-order valence-corrected chi connectivity index (χ1v) is 7.20. The van der Waals surface area contributed by atoms with Crippen LogP contribution in [0, 0.1) is 6.92 Å². The van der Waals surface area contributed by atoms with Crippen molar-refractivity contribution in [3.05, 3.63) is 17.5 Å². The summed E-state index contributed by atoms with van der Waals surface area (Å²) in [5, 5.41) is 17.7. The van der Waals surface area contributed by atoms with E-state index in [1.54, 1.807) is 0 Å². The quantitative estimate of drug-likeness (QED) is 0.801. The van der Waals surface area contributed by atoms with Gasteiger partial charge in [-0.1, -0.05) is 0 Å². The van der Waals surface area contributed by atoms with Crippen LogP contribution in [0.1, 0.15) is 37.1 Å². The maximum absolute atomic E-state index is 10.1. The molecular formula is C14H26N4O. The molecule has 2 N–H and O–H groups in total. The summed E-state index contributed by atoms with van der Waals surface area (Å²) in [7, 11) is 1.95. The number of aliphatic hydroxyl groups excluding tert-OH is 1. The summed E-state index contributed by atoms with van der Waals surface area (Å²) in [5.41, 5.74) is 2.38. The van der Waals surface area contributed by atoms with Gasteiger partial charge in [0, 0.05) is 37.4 Å². The monoisotopic (exact) mass is 266 g/mol. The van der Waals surface area contributed by atoms with E-state index in [9.17, 15) is 5.11 Å². The topological polar surface area (TPSA) is 53.3 Å². The van der Waals surface area contributed by atoms with Crippen LogP contribution in [0.2, 0.25) is 0 Å². The van der Waals surface area contributed by atoms with Gasteiger partial charge in [0.1, 0.15) is 0 Å². The molecule has 0 saturated carbocycles. The predicted octanol–water partition coefficient (Wildman–Crippen LogP) is 0.836. The minimum atomic E-state index is -0.294. The lowest BCUT2D eigenvalue weighted by Gasteiger charge is -2.21. The molecule has 1 aliphatic rings. The zero-order chi connectivity index (χ0) is 13.8. The fourth-order valence-corrected chi connectivity index (χ4v) is 2.69. The number of likely N-dealkylation sites (tertiary alicyclic amines) is 1. The van der Waals surface area contributed by atoms with Crippen LogP contribution in [0.4, 0.5) is 0 Å². The largest absolute Gasteiger partial charge is 0.390 e. The molecule has 19 heavy (non-hydrogen) atoms. The highest BCUT2D eigenvalue weighted by Gasteiger charge is 2.17. The van der Waals surface area contributed by atoms with E-state index in [4.69, 9.17) is 0 Å². The number of hydrogen-bond acceptors (Lipinski definition) is 4. The molecule has 2 atom stereocenters. The van der Waals surface area contributed by atoms with Crippen LogP contribution in [0.5, 0.6) is 0 Å². The maximum Gasteiger partial charge on any atom is 0.0791 e. The summed E-state index contributed by atoms with van der Waals surface area (Å²) < 4.78 is 1.88. The Bertz CT molecular complexity index is 398. The maximum atomic E-state index is 10.1. The van der Waals surface area contributed by atoms with E-state index in [1.807, 2.05) is 17.9 Å². The number of nitrogens with zero attached hydrogens (tertiary/aromatic N) is 3. The Morgan fingerprint density at radius 3 is 2.68 bits per heavy atom. The van der Waals surface area contributed by atoms with E-state index >= 15 is 0 Å². The normalized spacial score (nSPS) is 19.8. The molecule has 1 saturated heterocycles. The number of β-amino-alcohol motifs (C(OH)–C–C–N with tert-alkyl or cyclic N) is 1. The van der Waals surface area contributed by atoms with Crippen LogP contribution in [0.3, 0.4) is 0 Å². The number of aryl methyl sites for hydroxylation is 1. The minimum Gasteiger partial charge on any atom is -0.390 e. The van der Waals surface area contributed by atoms with E-state index in [0.29, 0.717) is 6.54 Å². The molecule has 0 spiro atoms. The zero-order valence-corrected chi connectivity index (χ0v) is 12.3. The molecule has 0 aliphatic carbocycles. The van der Waals surface area contributed by atoms with Crippen molar-refractivity contribution >= 4 is 0 Å². The Morgan fingerprint density at radius 2 is 2.11 bits per heavy atom. The van der Waals surface area contributed by atoms with Crippen LogP contribution in [-0.4, -0.2) is 52.1 Å². The van der Waals surface area contributed by atoms with E-state index in [-0.39, 0.29) is 12.1 Å². The summed E-state index contributed by atoms with van der Waals surface area (Å²) in [6, 6.07) is 0.224. The number of aromatic nitrogens is 2. The first-order valence-electron chi connectivity index (χ1n) is 7.20. The van der Waals surface area contributed by atoms with Crippen LogP contribution >= 0.6 is 0 Å². The Balaban J connectivity index is 1.76. The lowest BCUT2D eigenvalue weighted by atomic mass is 10.1. The van der Waals surface area contributed by atoms with Crippen molar-refractivity contribution in [3.63, 3.8) is 0 Å². The number of nitrogens with one attached hydrogen (secondary N) is 1. The van der Waals surface area contributed by atoms with Crippen molar-refractivity contribution in [2.45, 2.75) is 38.8 Å². The molecule has 0 aromatic carbocycles. The summed E-state index contributed by atoms with van der Waals surface area (Å²) in [6.07, 6.45) is 4.15. The van der Waals surface area contributed by atoms with E-state index in [1.165, 1.54) is 24.1 Å². The highest BCUT2D eigenvalue weighted by Crippen LogP contribution is 2.16. The van der Waals surface area contributed by atoms with Gasteiger partial charge in [0.15, 0.2) is 0 Å². The Hall–Kier alpha value is -0.910. The Labute approximate surface area is 115 Å². The first-order chi connectivity index (χ1) is 9.08. The molecule has 1 aromatic heterocycles. The van der Waals surface area contributed by atoms with Crippen molar-refractivity contribution in [2.75, 3.05) is 26.2 Å². The van der Waals surface area contributed by atoms with Gasteiger partial charge >= 0.3 is 0 Å². The molecule has 1 aliphatic heterocycles. The molecule has 0 bridgehead atoms. The summed E-state index contributed by atoms with van der Waals surface area (Å²) >= 11 is 0. The van der Waals surface area contributed by atoms with Crippen molar-refractivity contribution in [1.82, 2.24) is 20.0 Å². The number of aliphatic hydroxyl groups is 1. The molecule has 2 rings (SSSR count). The second-order valence-electron chi connectivity index (χ2n) is 5.60. The van der Waals surface area contributed by atoms with Crippen LogP contribution in [-0.2, 0) is 7.05 Å². The first kappa shape index (κ1) is 14.5. The van der Waals surface area contributed by atoms with Gasteiger partial charge in [0.2, 0.25) is 0 Å². The molecule has 5 heteroatoms. The summed E-state index contributed by atoms with van der Waals surface area (Å²) in [4.78, 5) is 2.34. The second kappa shape index (κ2) is 6.50. The van der Waals surface area contributed by atoms with E-state index in [2.05, 4.69) is 29.2 Å².